The molecule has 7 aromatic carbocycles. The van der Waals surface area contributed by atoms with Crippen LogP contribution in [0.2, 0.25) is 0 Å². The molecule has 0 fully saturated rings. The summed E-state index contributed by atoms with van der Waals surface area (Å²) in [5, 5.41) is 62.7. The predicted octanol–water partition coefficient (Wildman–Crippen LogP) is 8.71. The van der Waals surface area contributed by atoms with Crippen molar-refractivity contribution in [2.75, 3.05) is 26.0 Å². The number of rotatable bonds is 7. The zero-order chi connectivity index (χ0) is 40.6. The fourth-order valence-corrected chi connectivity index (χ4v) is 8.43. The van der Waals surface area contributed by atoms with Crippen LogP contribution < -0.4 is 23.3 Å². The van der Waals surface area contributed by atoms with Gasteiger partial charge in [-0.3, -0.25) is 4.48 Å². The minimum atomic E-state index is -3.30. The van der Waals surface area contributed by atoms with E-state index < -0.39 is 11.9 Å². The highest BCUT2D eigenvalue weighted by atomic mass is 16.7. The number of nitrogens with zero attached hydrogens (tertiary/aromatic N) is 3. The third-order valence-corrected chi connectivity index (χ3v) is 11.2. The largest absolute Gasteiger partial charge is 0.452 e. The molecule has 0 aliphatic carbocycles. The van der Waals surface area contributed by atoms with Crippen LogP contribution >= 0.6 is 0 Å². The average Bonchev–Trinajstić information content (AvgIpc) is 3.21. The van der Waals surface area contributed by atoms with Crippen molar-refractivity contribution in [3.8, 4) is 34.1 Å². The van der Waals surface area contributed by atoms with Crippen LogP contribution in [0, 0.1) is 0 Å². The summed E-state index contributed by atoms with van der Waals surface area (Å²) >= 11 is 0. The SMILES string of the molecule is CN1c2ccc(C(O)(O)O)cc2Oc2c1ccc(C(O)(O)O)c2-c1cccc([N+](c2ccccc2)(c2ccccc2)c2cccc3c2Oc2ccccc2[N+]3(C)C)c1. The van der Waals surface area contributed by atoms with Gasteiger partial charge in [-0.25, -0.2) is 0 Å². The summed E-state index contributed by atoms with van der Waals surface area (Å²) in [7, 11) is 6.04. The summed E-state index contributed by atoms with van der Waals surface area (Å²) in [6.45, 7) is 0. The van der Waals surface area contributed by atoms with Crippen molar-refractivity contribution in [1.29, 1.82) is 0 Å². The Morgan fingerprint density at radius 2 is 1.10 bits per heavy atom. The van der Waals surface area contributed by atoms with Gasteiger partial charge >= 0.3 is 11.9 Å². The molecule has 2 aliphatic rings. The smallest absolute Gasteiger partial charge is 0.305 e. The normalized spacial score (nSPS) is 14.3. The molecular formula is C47H41N3O8+2. The minimum Gasteiger partial charge on any atom is -0.452 e. The highest BCUT2D eigenvalue weighted by Gasteiger charge is 2.47. The van der Waals surface area contributed by atoms with Crippen LogP contribution in [0.4, 0.5) is 45.5 Å². The quantitative estimate of drug-likeness (QED) is 0.0693. The molecule has 11 heteroatoms. The second-order valence-corrected chi connectivity index (χ2v) is 15.0. The third-order valence-electron chi connectivity index (χ3n) is 11.2. The first-order chi connectivity index (χ1) is 27.7. The van der Waals surface area contributed by atoms with Crippen molar-refractivity contribution >= 4 is 45.5 Å². The Balaban J connectivity index is 1.34. The van der Waals surface area contributed by atoms with E-state index in [1.165, 1.54) is 18.2 Å². The minimum absolute atomic E-state index is 0.0201. The molecule has 0 unspecified atom stereocenters. The molecule has 0 saturated carbocycles. The van der Waals surface area contributed by atoms with Gasteiger partial charge in [0.05, 0.1) is 31.0 Å². The van der Waals surface area contributed by atoms with E-state index in [4.69, 9.17) is 9.47 Å². The van der Waals surface area contributed by atoms with Gasteiger partial charge in [0, 0.05) is 72.8 Å². The Morgan fingerprint density at radius 3 is 1.78 bits per heavy atom. The molecule has 0 radical (unpaired) electrons. The predicted molar refractivity (Wildman–Crippen MR) is 223 cm³/mol. The standard InChI is InChI=1S/C47H41N3O8/c1-48-36-26-24-31(46(51,52)53)29-42(36)58-44-37(48)27-25-35(47(54,55)56)43(44)30-14-12-19-34(28-30)50(32-15-6-4-7-16-32,33-17-8-5-9-18-33)40-22-13-21-39-45(40)57-41-23-11-10-20-38(41)49(39,2)3/h4-29,51-56H,1-3H3/q+2. The van der Waals surface area contributed by atoms with Gasteiger partial charge in [-0.15, -0.1) is 0 Å². The maximum Gasteiger partial charge on any atom is 0.305 e. The van der Waals surface area contributed by atoms with E-state index in [2.05, 4.69) is 56.6 Å². The van der Waals surface area contributed by atoms with E-state index in [-0.39, 0.29) is 32.7 Å². The topological polar surface area (TPSA) is 143 Å². The molecule has 0 amide bonds. The van der Waals surface area contributed by atoms with E-state index in [1.54, 1.807) is 30.1 Å². The molecule has 0 aromatic heterocycles. The number of fused-ring (bicyclic) bond motifs is 4. The van der Waals surface area contributed by atoms with Crippen molar-refractivity contribution in [3.05, 3.63) is 169 Å². The van der Waals surface area contributed by atoms with Crippen LogP contribution in [-0.4, -0.2) is 51.8 Å². The van der Waals surface area contributed by atoms with Crippen molar-refractivity contribution in [2.45, 2.75) is 11.9 Å². The maximum absolute atomic E-state index is 10.9. The number of aliphatic hydroxyl groups is 6. The zero-order valence-corrected chi connectivity index (χ0v) is 31.9. The third kappa shape index (κ3) is 5.77. The van der Waals surface area contributed by atoms with Crippen LogP contribution in [0.5, 0.6) is 23.0 Å². The molecule has 6 N–H and O–H groups in total. The Labute approximate surface area is 334 Å². The van der Waals surface area contributed by atoms with Crippen molar-refractivity contribution in [1.82, 2.24) is 8.97 Å². The van der Waals surface area contributed by atoms with Gasteiger partial charge < -0.3 is 45.0 Å². The van der Waals surface area contributed by atoms with Gasteiger partial charge in [-0.05, 0) is 42.0 Å². The van der Waals surface area contributed by atoms with Crippen LogP contribution in [0.15, 0.2) is 158 Å². The van der Waals surface area contributed by atoms with Gasteiger partial charge in [0.1, 0.15) is 17.1 Å². The van der Waals surface area contributed by atoms with E-state index in [0.29, 0.717) is 27.2 Å². The lowest BCUT2D eigenvalue weighted by molar-refractivity contribution is -0.324. The van der Waals surface area contributed by atoms with Crippen molar-refractivity contribution in [3.63, 3.8) is 0 Å². The Hall–Kier alpha value is -6.38. The molecule has 7 aromatic rings. The number of benzene rings is 7. The number of hydrogen-bond donors (Lipinski definition) is 6. The maximum atomic E-state index is 10.9. The fraction of sp³-hybridized carbons (Fsp3) is 0.106. The van der Waals surface area contributed by atoms with Crippen molar-refractivity contribution in [2.24, 2.45) is 0 Å². The summed E-state index contributed by atoms with van der Waals surface area (Å²) < 4.78 is 13.9. The molecule has 11 nitrogen and oxygen atoms in total. The monoisotopic (exact) mass is 775 g/mol. The van der Waals surface area contributed by atoms with Gasteiger partial charge in [0.15, 0.2) is 34.3 Å². The number of anilines is 2. The number of quaternary nitrogens is 2. The zero-order valence-electron chi connectivity index (χ0n) is 31.9. The Kier molecular flexibility index (Phi) is 8.57. The average molecular weight is 776 g/mol. The van der Waals surface area contributed by atoms with E-state index in [0.717, 1.165) is 39.9 Å². The molecule has 290 valence electrons. The second kappa shape index (κ2) is 13.4. The van der Waals surface area contributed by atoms with Gasteiger partial charge in [0.25, 0.3) is 5.75 Å². The summed E-state index contributed by atoms with van der Waals surface area (Å²) in [5.74, 6) is -4.73. The van der Waals surface area contributed by atoms with Crippen molar-refractivity contribution < 1.29 is 40.1 Å². The highest BCUT2D eigenvalue weighted by molar-refractivity contribution is 5.93. The van der Waals surface area contributed by atoms with Crippen LogP contribution in [0.3, 0.4) is 0 Å². The lowest BCUT2D eigenvalue weighted by Gasteiger charge is -2.41. The first-order valence-corrected chi connectivity index (χ1v) is 18.7. The fourth-order valence-electron chi connectivity index (χ4n) is 8.43. The van der Waals surface area contributed by atoms with Gasteiger partial charge in [-0.1, -0.05) is 66.7 Å². The summed E-state index contributed by atoms with van der Waals surface area (Å²) in [6.07, 6.45) is 0. The van der Waals surface area contributed by atoms with Crippen LogP contribution in [0.1, 0.15) is 11.1 Å². The first-order valence-electron chi connectivity index (χ1n) is 18.7. The number of hydrogen-bond acceptors (Lipinski definition) is 9. The molecular weight excluding hydrogens is 735 g/mol. The van der Waals surface area contributed by atoms with E-state index in [9.17, 15) is 30.6 Å². The molecule has 0 atom stereocenters. The van der Waals surface area contributed by atoms with Crippen LogP contribution in [-0.2, 0) is 11.9 Å². The Morgan fingerprint density at radius 1 is 0.517 bits per heavy atom. The highest BCUT2D eigenvalue weighted by Crippen LogP contribution is 2.61. The molecule has 9 rings (SSSR count). The van der Waals surface area contributed by atoms with Gasteiger partial charge in [0.2, 0.25) is 0 Å². The Bertz CT molecular complexity index is 2670. The van der Waals surface area contributed by atoms with E-state index in [1.807, 2.05) is 78.9 Å². The molecule has 0 saturated heterocycles. The number of ether oxygens (including phenoxy) is 2. The first kappa shape index (κ1) is 37.2. The summed E-state index contributed by atoms with van der Waals surface area (Å²) in [4.78, 5) is 1.79. The molecule has 58 heavy (non-hydrogen) atoms. The van der Waals surface area contributed by atoms with Crippen LogP contribution in [0.25, 0.3) is 11.1 Å². The lowest BCUT2D eigenvalue weighted by Crippen LogP contribution is -2.39. The van der Waals surface area contributed by atoms with E-state index >= 15 is 0 Å². The molecule has 2 aliphatic heterocycles. The lowest BCUT2D eigenvalue weighted by atomic mass is 9.93. The summed E-state index contributed by atoms with van der Waals surface area (Å²) in [6, 6.07) is 49.1. The van der Waals surface area contributed by atoms with Gasteiger partial charge in [-0.2, -0.15) is 4.48 Å². The summed E-state index contributed by atoms with van der Waals surface area (Å²) in [5.41, 5.74) is 6.43. The molecule has 0 spiro atoms. The molecule has 2 heterocycles. The second-order valence-electron chi connectivity index (χ2n) is 15.0. The number of para-hydroxylation sites is 5. The molecule has 0 bridgehead atoms.